The molecule has 0 bridgehead atoms. The van der Waals surface area contributed by atoms with Crippen LogP contribution in [0.5, 0.6) is 0 Å². The molecule has 2 atom stereocenters. The molecule has 1 aromatic carbocycles. The normalized spacial score (nSPS) is 20.1. The average Bonchev–Trinajstić information content (AvgIpc) is 3.03. The van der Waals surface area contributed by atoms with Gasteiger partial charge in [-0.05, 0) is 62.6 Å². The monoisotopic (exact) mass is 378 g/mol. The highest BCUT2D eigenvalue weighted by Gasteiger charge is 2.28. The van der Waals surface area contributed by atoms with Gasteiger partial charge in [0.15, 0.2) is 11.6 Å². The standard InChI is InChI=1S/C20H24F2N2OS/c1-13-5-7-15(26-13)3-2-4-20(25)24-19-12-23-10-9-16(19)14-6-8-17(21)18(22)11-14/h5-8,11,16,19,23H,2-4,9-10,12H2,1H3,(H,24,25). The second-order valence-electron chi connectivity index (χ2n) is 6.81. The highest BCUT2D eigenvalue weighted by atomic mass is 32.1. The molecule has 1 fully saturated rings. The van der Waals surface area contributed by atoms with E-state index in [4.69, 9.17) is 0 Å². The van der Waals surface area contributed by atoms with Crippen LogP contribution in [0.1, 0.15) is 40.5 Å². The van der Waals surface area contributed by atoms with Gasteiger partial charge in [0, 0.05) is 34.7 Å². The molecule has 2 aromatic rings. The van der Waals surface area contributed by atoms with Gasteiger partial charge in [-0.25, -0.2) is 8.78 Å². The van der Waals surface area contributed by atoms with Gasteiger partial charge in [-0.1, -0.05) is 6.07 Å². The fourth-order valence-corrected chi connectivity index (χ4v) is 4.41. The van der Waals surface area contributed by atoms with Gasteiger partial charge in [0.2, 0.25) is 5.91 Å². The molecular weight excluding hydrogens is 354 g/mol. The lowest BCUT2D eigenvalue weighted by molar-refractivity contribution is -0.122. The zero-order valence-corrected chi connectivity index (χ0v) is 15.7. The number of carbonyl (C=O) groups excluding carboxylic acids is 1. The van der Waals surface area contributed by atoms with Gasteiger partial charge in [-0.2, -0.15) is 0 Å². The van der Waals surface area contributed by atoms with Gasteiger partial charge in [-0.3, -0.25) is 4.79 Å². The Bertz CT molecular complexity index is 762. The van der Waals surface area contributed by atoms with E-state index < -0.39 is 11.6 Å². The molecule has 2 N–H and O–H groups in total. The highest BCUT2D eigenvalue weighted by Crippen LogP contribution is 2.27. The Kier molecular flexibility index (Phi) is 6.38. The van der Waals surface area contributed by atoms with Crippen molar-refractivity contribution >= 4 is 17.2 Å². The quantitative estimate of drug-likeness (QED) is 0.800. The van der Waals surface area contributed by atoms with E-state index in [1.54, 1.807) is 17.4 Å². The third-order valence-electron chi connectivity index (χ3n) is 4.82. The minimum absolute atomic E-state index is 0.00440. The van der Waals surface area contributed by atoms with E-state index in [2.05, 4.69) is 29.7 Å². The van der Waals surface area contributed by atoms with Crippen LogP contribution in [0.15, 0.2) is 30.3 Å². The Balaban J connectivity index is 1.55. The number of aryl methyl sites for hydroxylation is 2. The molecule has 3 rings (SSSR count). The van der Waals surface area contributed by atoms with Crippen molar-refractivity contribution < 1.29 is 13.6 Å². The molecule has 0 saturated carbocycles. The number of benzene rings is 1. The molecule has 1 aromatic heterocycles. The number of hydrogen-bond donors (Lipinski definition) is 2. The zero-order valence-electron chi connectivity index (χ0n) is 14.9. The Hall–Kier alpha value is -1.79. The minimum atomic E-state index is -0.841. The van der Waals surface area contributed by atoms with Crippen LogP contribution in [0.3, 0.4) is 0 Å². The van der Waals surface area contributed by atoms with Gasteiger partial charge in [0.25, 0.3) is 0 Å². The van der Waals surface area contributed by atoms with Crippen molar-refractivity contribution in [2.24, 2.45) is 0 Å². The molecule has 6 heteroatoms. The summed E-state index contributed by atoms with van der Waals surface area (Å²) < 4.78 is 26.8. The van der Waals surface area contributed by atoms with Crippen LogP contribution < -0.4 is 10.6 Å². The van der Waals surface area contributed by atoms with E-state index >= 15 is 0 Å². The van der Waals surface area contributed by atoms with E-state index in [1.807, 2.05) is 0 Å². The predicted molar refractivity (Wildman–Crippen MR) is 101 cm³/mol. The lowest BCUT2D eigenvalue weighted by atomic mass is 9.86. The van der Waals surface area contributed by atoms with E-state index in [-0.39, 0.29) is 17.9 Å². The van der Waals surface area contributed by atoms with Crippen molar-refractivity contribution in [2.75, 3.05) is 13.1 Å². The molecule has 2 unspecified atom stereocenters. The van der Waals surface area contributed by atoms with Crippen LogP contribution in [-0.2, 0) is 11.2 Å². The van der Waals surface area contributed by atoms with E-state index in [9.17, 15) is 13.6 Å². The molecule has 140 valence electrons. The van der Waals surface area contributed by atoms with Gasteiger partial charge < -0.3 is 10.6 Å². The first-order valence-corrected chi connectivity index (χ1v) is 9.85. The summed E-state index contributed by atoms with van der Waals surface area (Å²) in [6.07, 6.45) is 2.96. The molecule has 3 nitrogen and oxygen atoms in total. The molecule has 0 spiro atoms. The lowest BCUT2D eigenvalue weighted by Crippen LogP contribution is -2.50. The number of rotatable bonds is 6. The summed E-state index contributed by atoms with van der Waals surface area (Å²) in [5.74, 6) is -1.67. The van der Waals surface area contributed by atoms with E-state index in [1.165, 1.54) is 15.8 Å². The summed E-state index contributed by atoms with van der Waals surface area (Å²) in [4.78, 5) is 14.9. The third-order valence-corrected chi connectivity index (χ3v) is 5.88. The fraction of sp³-hybridized carbons (Fsp3) is 0.450. The molecule has 1 aliphatic rings. The maximum atomic E-state index is 13.6. The summed E-state index contributed by atoms with van der Waals surface area (Å²) in [6, 6.07) is 8.14. The average molecular weight is 378 g/mol. The van der Waals surface area contributed by atoms with Crippen molar-refractivity contribution in [2.45, 2.75) is 44.6 Å². The highest BCUT2D eigenvalue weighted by molar-refractivity contribution is 7.11. The maximum absolute atomic E-state index is 13.6. The summed E-state index contributed by atoms with van der Waals surface area (Å²) in [5, 5.41) is 6.35. The second kappa shape index (κ2) is 8.73. The Labute approximate surface area is 156 Å². The first-order valence-electron chi connectivity index (χ1n) is 9.03. The molecule has 26 heavy (non-hydrogen) atoms. The van der Waals surface area contributed by atoms with Crippen molar-refractivity contribution in [3.63, 3.8) is 0 Å². The lowest BCUT2D eigenvalue weighted by Gasteiger charge is -2.33. The number of halogens is 2. The van der Waals surface area contributed by atoms with E-state index in [0.29, 0.717) is 13.0 Å². The van der Waals surface area contributed by atoms with Crippen LogP contribution in [0, 0.1) is 18.6 Å². The van der Waals surface area contributed by atoms with E-state index in [0.717, 1.165) is 37.4 Å². The molecule has 2 heterocycles. The first kappa shape index (κ1) is 19.0. The summed E-state index contributed by atoms with van der Waals surface area (Å²) in [7, 11) is 0. The molecular formula is C20H24F2N2OS. The van der Waals surface area contributed by atoms with Crippen LogP contribution in [0.4, 0.5) is 8.78 Å². The largest absolute Gasteiger partial charge is 0.351 e. The topological polar surface area (TPSA) is 41.1 Å². The van der Waals surface area contributed by atoms with Crippen LogP contribution in [-0.4, -0.2) is 25.0 Å². The van der Waals surface area contributed by atoms with Crippen LogP contribution in [0.2, 0.25) is 0 Å². The summed E-state index contributed by atoms with van der Waals surface area (Å²) in [6.45, 7) is 3.52. The molecule has 0 aliphatic carbocycles. The summed E-state index contributed by atoms with van der Waals surface area (Å²) in [5.41, 5.74) is 0.741. The maximum Gasteiger partial charge on any atom is 0.220 e. The minimum Gasteiger partial charge on any atom is -0.351 e. The predicted octanol–water partition coefficient (Wildman–Crippen LogP) is 3.92. The first-order chi connectivity index (χ1) is 12.5. The third kappa shape index (κ3) is 4.89. The second-order valence-corrected chi connectivity index (χ2v) is 8.19. The number of thiophene rings is 1. The van der Waals surface area contributed by atoms with Crippen LogP contribution in [0.25, 0.3) is 0 Å². The fourth-order valence-electron chi connectivity index (χ4n) is 3.47. The number of carbonyl (C=O) groups is 1. The van der Waals surface area contributed by atoms with Crippen molar-refractivity contribution in [3.8, 4) is 0 Å². The zero-order chi connectivity index (χ0) is 18.5. The van der Waals surface area contributed by atoms with Crippen LogP contribution >= 0.6 is 11.3 Å². The summed E-state index contributed by atoms with van der Waals surface area (Å²) >= 11 is 1.77. The number of amides is 1. The number of hydrogen-bond acceptors (Lipinski definition) is 3. The Morgan fingerprint density at radius 1 is 1.27 bits per heavy atom. The Morgan fingerprint density at radius 3 is 2.85 bits per heavy atom. The van der Waals surface area contributed by atoms with Gasteiger partial charge >= 0.3 is 0 Å². The van der Waals surface area contributed by atoms with Crippen molar-refractivity contribution in [1.82, 2.24) is 10.6 Å². The molecule has 0 radical (unpaired) electrons. The number of piperidine rings is 1. The molecule has 1 aliphatic heterocycles. The van der Waals surface area contributed by atoms with Gasteiger partial charge in [0.05, 0.1) is 0 Å². The van der Waals surface area contributed by atoms with Gasteiger partial charge in [0.1, 0.15) is 0 Å². The SMILES string of the molecule is Cc1ccc(CCCC(=O)NC2CNCCC2c2ccc(F)c(F)c2)s1. The molecule has 1 amide bonds. The Morgan fingerprint density at radius 2 is 2.12 bits per heavy atom. The van der Waals surface area contributed by atoms with Gasteiger partial charge in [-0.15, -0.1) is 11.3 Å². The van der Waals surface area contributed by atoms with Crippen molar-refractivity contribution in [1.29, 1.82) is 0 Å². The molecule has 1 saturated heterocycles. The number of nitrogens with one attached hydrogen (secondary N) is 2. The smallest absolute Gasteiger partial charge is 0.220 e. The van der Waals surface area contributed by atoms with Crippen molar-refractivity contribution in [3.05, 3.63) is 57.3 Å².